The molecule has 0 aliphatic rings. The fraction of sp³-hybridized carbons (Fsp3) is 0.368. The highest BCUT2D eigenvalue weighted by Crippen LogP contribution is 2.30. The van der Waals surface area contributed by atoms with Crippen molar-refractivity contribution in [1.82, 2.24) is 20.6 Å². The summed E-state index contributed by atoms with van der Waals surface area (Å²) in [6.45, 7) is 3.22. The van der Waals surface area contributed by atoms with E-state index < -0.39 is 11.9 Å². The molecular weight excluding hydrogens is 387 g/mol. The number of aryl methyl sites for hydroxylation is 1. The van der Waals surface area contributed by atoms with Crippen LogP contribution in [0.25, 0.3) is 10.9 Å². The minimum atomic E-state index is -4.39. The number of rotatable bonds is 6. The van der Waals surface area contributed by atoms with Crippen LogP contribution in [0.2, 0.25) is 0 Å². The van der Waals surface area contributed by atoms with Gasteiger partial charge >= 0.3 is 6.18 Å². The quantitative estimate of drug-likeness (QED) is 0.427. The highest BCUT2D eigenvalue weighted by Gasteiger charge is 2.33. The molecule has 0 bridgehead atoms. The topological polar surface area (TPSA) is 65.1 Å². The number of aromatic amines is 1. The van der Waals surface area contributed by atoms with E-state index in [1.165, 1.54) is 16.5 Å². The fourth-order valence-corrected chi connectivity index (χ4v) is 3.76. The number of nitrogens with zero attached hydrogens (tertiary/aromatic N) is 2. The third-order valence-corrected chi connectivity index (χ3v) is 5.30. The largest absolute Gasteiger partial charge is 0.434 e. The Morgan fingerprint density at radius 2 is 1.96 bits per heavy atom. The Morgan fingerprint density at radius 3 is 2.64 bits per heavy atom. The molecule has 0 aliphatic carbocycles. The second-order valence-corrected chi connectivity index (χ2v) is 7.30. The maximum atomic E-state index is 12.6. The first kappa shape index (κ1) is 20.2. The van der Waals surface area contributed by atoms with E-state index in [1.54, 1.807) is 7.05 Å². The minimum Gasteiger partial charge on any atom is -0.361 e. The summed E-state index contributed by atoms with van der Waals surface area (Å²) in [6, 6.07) is 6.23. The van der Waals surface area contributed by atoms with Crippen LogP contribution in [0.5, 0.6) is 0 Å². The summed E-state index contributed by atoms with van der Waals surface area (Å²) >= 11 is 1.02. The maximum Gasteiger partial charge on any atom is 0.434 e. The molecule has 0 fully saturated rings. The zero-order chi connectivity index (χ0) is 20.1. The summed E-state index contributed by atoms with van der Waals surface area (Å²) in [5.41, 5.74) is 2.76. The molecule has 3 aromatic rings. The molecule has 0 saturated heterocycles. The van der Waals surface area contributed by atoms with Crippen molar-refractivity contribution in [3.63, 3.8) is 0 Å². The van der Waals surface area contributed by atoms with Gasteiger partial charge < -0.3 is 15.6 Å². The van der Waals surface area contributed by atoms with Gasteiger partial charge in [-0.1, -0.05) is 18.2 Å². The number of hydrogen-bond donors (Lipinski definition) is 3. The molecule has 0 radical (unpaired) electrons. The van der Waals surface area contributed by atoms with Gasteiger partial charge in [0.15, 0.2) is 11.7 Å². The van der Waals surface area contributed by atoms with Crippen LogP contribution in [0.15, 0.2) is 34.8 Å². The van der Waals surface area contributed by atoms with Crippen molar-refractivity contribution >= 4 is 28.2 Å². The molecule has 2 heterocycles. The molecule has 9 heteroatoms. The molecule has 28 heavy (non-hydrogen) atoms. The summed E-state index contributed by atoms with van der Waals surface area (Å²) in [7, 11) is 1.66. The Bertz CT molecular complexity index is 958. The summed E-state index contributed by atoms with van der Waals surface area (Å²) in [5.74, 6) is 0.614. The molecule has 1 aromatic carbocycles. The van der Waals surface area contributed by atoms with Crippen LogP contribution in [0, 0.1) is 6.92 Å². The number of H-pyrrole nitrogens is 1. The van der Waals surface area contributed by atoms with Crippen LogP contribution in [0.1, 0.15) is 21.8 Å². The third kappa shape index (κ3) is 4.83. The van der Waals surface area contributed by atoms with Gasteiger partial charge in [-0.2, -0.15) is 13.2 Å². The molecular formula is C19H22F3N5S. The predicted octanol–water partition coefficient (Wildman–Crippen LogP) is 3.90. The van der Waals surface area contributed by atoms with E-state index in [2.05, 4.69) is 44.7 Å². The van der Waals surface area contributed by atoms with Gasteiger partial charge in [-0.25, -0.2) is 4.98 Å². The van der Waals surface area contributed by atoms with Crippen molar-refractivity contribution in [3.8, 4) is 0 Å². The SMILES string of the molecule is CN=C(NCCc1nc(C(F)(F)F)cs1)NCCc1c[nH]c2c(C)cccc12. The summed E-state index contributed by atoms with van der Waals surface area (Å²) in [6.07, 6.45) is -1.13. The first-order chi connectivity index (χ1) is 13.4. The third-order valence-electron chi connectivity index (χ3n) is 4.39. The van der Waals surface area contributed by atoms with Crippen molar-refractivity contribution in [1.29, 1.82) is 0 Å². The van der Waals surface area contributed by atoms with Crippen LogP contribution in [0.3, 0.4) is 0 Å². The smallest absolute Gasteiger partial charge is 0.361 e. The zero-order valence-electron chi connectivity index (χ0n) is 15.7. The van der Waals surface area contributed by atoms with Gasteiger partial charge in [0.1, 0.15) is 0 Å². The molecule has 3 rings (SSSR count). The van der Waals surface area contributed by atoms with E-state index in [0.717, 1.165) is 28.7 Å². The second-order valence-electron chi connectivity index (χ2n) is 6.36. The Kier molecular flexibility index (Phi) is 6.23. The second kappa shape index (κ2) is 8.64. The molecule has 0 aliphatic heterocycles. The normalized spacial score (nSPS) is 12.5. The van der Waals surface area contributed by atoms with Gasteiger partial charge in [0.05, 0.1) is 5.01 Å². The molecule has 5 nitrogen and oxygen atoms in total. The number of hydrogen-bond acceptors (Lipinski definition) is 3. The van der Waals surface area contributed by atoms with Crippen molar-refractivity contribution in [2.24, 2.45) is 4.99 Å². The Hall–Kier alpha value is -2.55. The standard InChI is InChI=1S/C19H22F3N5S/c1-12-4-3-5-14-13(10-26-17(12)14)6-8-24-18(23-2)25-9-7-16-27-15(11-28-16)19(20,21)22/h3-5,10-11,26H,6-9H2,1-2H3,(H2,23,24,25). The number of benzene rings is 1. The Morgan fingerprint density at radius 1 is 1.21 bits per heavy atom. The lowest BCUT2D eigenvalue weighted by atomic mass is 10.1. The van der Waals surface area contributed by atoms with Crippen molar-refractivity contribution in [3.05, 3.63) is 51.6 Å². The van der Waals surface area contributed by atoms with E-state index >= 15 is 0 Å². The average molecular weight is 409 g/mol. The van der Waals surface area contributed by atoms with E-state index in [-0.39, 0.29) is 0 Å². The van der Waals surface area contributed by atoms with Gasteiger partial charge in [-0.3, -0.25) is 4.99 Å². The highest BCUT2D eigenvalue weighted by molar-refractivity contribution is 7.09. The van der Waals surface area contributed by atoms with Gasteiger partial charge in [-0.05, 0) is 24.5 Å². The first-order valence-electron chi connectivity index (χ1n) is 8.90. The molecule has 3 N–H and O–H groups in total. The Balaban J connectivity index is 1.46. The number of thiazole rings is 1. The Labute approximate surface area is 165 Å². The zero-order valence-corrected chi connectivity index (χ0v) is 16.5. The van der Waals surface area contributed by atoms with Crippen LogP contribution in [-0.2, 0) is 19.0 Å². The first-order valence-corrected chi connectivity index (χ1v) is 9.78. The number of aromatic nitrogens is 2. The molecule has 0 atom stereocenters. The maximum absolute atomic E-state index is 12.6. The summed E-state index contributed by atoms with van der Waals surface area (Å²) in [4.78, 5) is 11.1. The van der Waals surface area contributed by atoms with E-state index in [4.69, 9.17) is 0 Å². The van der Waals surface area contributed by atoms with Gasteiger partial charge in [0, 0.05) is 49.0 Å². The molecule has 0 unspecified atom stereocenters. The molecule has 0 spiro atoms. The number of guanidine groups is 1. The van der Waals surface area contributed by atoms with E-state index in [1.807, 2.05) is 12.3 Å². The van der Waals surface area contributed by atoms with Crippen LogP contribution in [-0.4, -0.2) is 36.1 Å². The van der Waals surface area contributed by atoms with Crippen molar-refractivity contribution < 1.29 is 13.2 Å². The average Bonchev–Trinajstić information content (AvgIpc) is 3.28. The van der Waals surface area contributed by atoms with Gasteiger partial charge in [0.2, 0.25) is 0 Å². The number of alkyl halides is 3. The van der Waals surface area contributed by atoms with E-state index in [0.29, 0.717) is 30.5 Å². The number of aliphatic imine (C=N–C) groups is 1. The number of fused-ring (bicyclic) bond motifs is 1. The van der Waals surface area contributed by atoms with Crippen molar-refractivity contribution in [2.75, 3.05) is 20.1 Å². The monoisotopic (exact) mass is 409 g/mol. The van der Waals surface area contributed by atoms with Crippen LogP contribution >= 0.6 is 11.3 Å². The van der Waals surface area contributed by atoms with Crippen molar-refractivity contribution in [2.45, 2.75) is 25.9 Å². The van der Waals surface area contributed by atoms with Crippen LogP contribution in [0.4, 0.5) is 13.2 Å². The minimum absolute atomic E-state index is 0.406. The predicted molar refractivity (Wildman–Crippen MR) is 107 cm³/mol. The number of para-hydroxylation sites is 1. The summed E-state index contributed by atoms with van der Waals surface area (Å²) in [5, 5.41) is 9.05. The highest BCUT2D eigenvalue weighted by atomic mass is 32.1. The van der Waals surface area contributed by atoms with E-state index in [9.17, 15) is 13.2 Å². The van der Waals surface area contributed by atoms with Crippen LogP contribution < -0.4 is 10.6 Å². The molecule has 0 saturated carbocycles. The lowest BCUT2D eigenvalue weighted by molar-refractivity contribution is -0.140. The number of halogens is 3. The summed E-state index contributed by atoms with van der Waals surface area (Å²) < 4.78 is 37.7. The lowest BCUT2D eigenvalue weighted by Gasteiger charge is -2.11. The molecule has 0 amide bonds. The fourth-order valence-electron chi connectivity index (χ4n) is 2.95. The number of nitrogens with one attached hydrogen (secondary N) is 3. The van der Waals surface area contributed by atoms with Gasteiger partial charge in [0.25, 0.3) is 0 Å². The molecule has 150 valence electrons. The van der Waals surface area contributed by atoms with Gasteiger partial charge in [-0.15, -0.1) is 11.3 Å². The lowest BCUT2D eigenvalue weighted by Crippen LogP contribution is -2.39. The molecule has 2 aromatic heterocycles.